The van der Waals surface area contributed by atoms with Crippen LogP contribution in [0.1, 0.15) is 73.4 Å². The zero-order valence-electron chi connectivity index (χ0n) is 17.8. The lowest BCUT2D eigenvalue weighted by Gasteiger charge is -2.17. The van der Waals surface area contributed by atoms with Crippen LogP contribution in [0.5, 0.6) is 5.75 Å². The van der Waals surface area contributed by atoms with Crippen LogP contribution < -0.4 is 4.74 Å². The van der Waals surface area contributed by atoms with E-state index in [1.807, 2.05) is 43.3 Å². The first-order chi connectivity index (χ1) is 14.0. The van der Waals surface area contributed by atoms with Gasteiger partial charge in [0, 0.05) is 17.4 Å². The Kier molecular flexibility index (Phi) is 7.24. The molecule has 0 saturated heterocycles. The summed E-state index contributed by atoms with van der Waals surface area (Å²) in [5.74, 6) is 1.57. The zero-order chi connectivity index (χ0) is 20.8. The number of carbonyl (C=O) groups excluding carboxylic acids is 2. The molecule has 0 heterocycles. The number of carbonyl (C=O) groups is 2. The molecule has 1 saturated carbocycles. The van der Waals surface area contributed by atoms with Gasteiger partial charge in [0.15, 0.2) is 11.6 Å². The maximum absolute atomic E-state index is 12.8. The van der Waals surface area contributed by atoms with E-state index in [0.29, 0.717) is 5.92 Å². The second-order valence-electron chi connectivity index (χ2n) is 8.58. The number of Topliss-reactive ketones (excluding diaryl/α,β-unsaturated/α-hetero) is 2. The molecule has 1 aliphatic rings. The third-order valence-electron chi connectivity index (χ3n) is 6.01. The van der Waals surface area contributed by atoms with Gasteiger partial charge in [-0.15, -0.1) is 0 Å². The second-order valence-corrected chi connectivity index (χ2v) is 8.58. The molecule has 3 nitrogen and oxygen atoms in total. The summed E-state index contributed by atoms with van der Waals surface area (Å²) in [7, 11) is 0. The van der Waals surface area contributed by atoms with Crippen molar-refractivity contribution in [2.24, 2.45) is 11.8 Å². The molecule has 0 spiro atoms. The Morgan fingerprint density at radius 3 is 2.38 bits per heavy atom. The molecule has 0 aliphatic heterocycles. The summed E-state index contributed by atoms with van der Waals surface area (Å²) in [6.45, 7) is 6.42. The lowest BCUT2D eigenvalue weighted by Crippen LogP contribution is -2.22. The summed E-state index contributed by atoms with van der Waals surface area (Å²) in [4.78, 5) is 25.6. The molecule has 2 unspecified atom stereocenters. The first-order valence-electron chi connectivity index (χ1n) is 10.8. The van der Waals surface area contributed by atoms with Crippen molar-refractivity contribution in [3.8, 4) is 5.75 Å². The molecule has 2 atom stereocenters. The highest BCUT2D eigenvalue weighted by atomic mass is 16.5. The van der Waals surface area contributed by atoms with Crippen LogP contribution in [0.2, 0.25) is 0 Å². The molecule has 3 heteroatoms. The van der Waals surface area contributed by atoms with Gasteiger partial charge in [0.05, 0.1) is 0 Å². The minimum atomic E-state index is -0.00381. The first kappa shape index (κ1) is 21.3. The van der Waals surface area contributed by atoms with E-state index < -0.39 is 0 Å². The van der Waals surface area contributed by atoms with Crippen molar-refractivity contribution >= 4 is 11.6 Å². The van der Waals surface area contributed by atoms with Gasteiger partial charge in [-0.2, -0.15) is 0 Å². The van der Waals surface area contributed by atoms with Crippen LogP contribution in [0, 0.1) is 18.8 Å². The van der Waals surface area contributed by atoms with E-state index in [-0.39, 0.29) is 30.0 Å². The smallest absolute Gasteiger partial charge is 0.173 e. The number of ketones is 2. The maximum atomic E-state index is 12.8. The van der Waals surface area contributed by atoms with Crippen LogP contribution in [0.15, 0.2) is 48.5 Å². The van der Waals surface area contributed by atoms with Gasteiger partial charge < -0.3 is 4.74 Å². The fourth-order valence-corrected chi connectivity index (χ4v) is 4.23. The third kappa shape index (κ3) is 5.56. The van der Waals surface area contributed by atoms with Crippen LogP contribution in [0.4, 0.5) is 0 Å². The Morgan fingerprint density at radius 2 is 1.66 bits per heavy atom. The lowest BCUT2D eigenvalue weighted by atomic mass is 9.90. The highest BCUT2D eigenvalue weighted by Crippen LogP contribution is 2.31. The third-order valence-corrected chi connectivity index (χ3v) is 6.01. The fourth-order valence-electron chi connectivity index (χ4n) is 4.23. The molecule has 0 aromatic heterocycles. The zero-order valence-corrected chi connectivity index (χ0v) is 17.8. The fraction of sp³-hybridized carbons (Fsp3) is 0.462. The summed E-state index contributed by atoms with van der Waals surface area (Å²) >= 11 is 0. The van der Waals surface area contributed by atoms with Crippen molar-refractivity contribution in [2.75, 3.05) is 6.61 Å². The average Bonchev–Trinajstić information content (AvgIpc) is 2.98. The standard InChI is InChI=1S/C26H32O3/c1-18(2)23-15-12-19(3)16-25(23)29-17-24(27)20-10-7-11-22(14-13-20)26(28)21-8-5-4-6-9-21/h4-6,8-9,12,15-16,18,20,22H,7,10-11,13-14,17H2,1-3H3. The molecule has 2 aromatic carbocycles. The van der Waals surface area contributed by atoms with Gasteiger partial charge >= 0.3 is 0 Å². The highest BCUT2D eigenvalue weighted by molar-refractivity contribution is 5.97. The highest BCUT2D eigenvalue weighted by Gasteiger charge is 2.28. The quantitative estimate of drug-likeness (QED) is 0.419. The number of rotatable bonds is 7. The summed E-state index contributed by atoms with van der Waals surface area (Å²) in [5.41, 5.74) is 3.05. The average molecular weight is 393 g/mol. The summed E-state index contributed by atoms with van der Waals surface area (Å²) in [5, 5.41) is 0. The Labute approximate surface area is 174 Å². The van der Waals surface area contributed by atoms with Gasteiger partial charge in [-0.1, -0.05) is 62.7 Å². The predicted molar refractivity (Wildman–Crippen MR) is 117 cm³/mol. The van der Waals surface area contributed by atoms with E-state index >= 15 is 0 Å². The molecule has 0 bridgehead atoms. The van der Waals surface area contributed by atoms with Gasteiger partial charge in [0.25, 0.3) is 0 Å². The van der Waals surface area contributed by atoms with Gasteiger partial charge in [0.2, 0.25) is 0 Å². The number of benzene rings is 2. The summed E-state index contributed by atoms with van der Waals surface area (Å²) < 4.78 is 5.96. The van der Waals surface area contributed by atoms with E-state index in [9.17, 15) is 9.59 Å². The topological polar surface area (TPSA) is 43.4 Å². The van der Waals surface area contributed by atoms with E-state index in [1.54, 1.807) is 0 Å². The SMILES string of the molecule is Cc1ccc(C(C)C)c(OCC(=O)C2CCCC(C(=O)c3ccccc3)CC2)c1. The molecule has 1 fully saturated rings. The molecular weight excluding hydrogens is 360 g/mol. The van der Waals surface area contributed by atoms with Crippen molar-refractivity contribution in [3.05, 3.63) is 65.2 Å². The largest absolute Gasteiger partial charge is 0.486 e. The van der Waals surface area contributed by atoms with Crippen LogP contribution >= 0.6 is 0 Å². The van der Waals surface area contributed by atoms with Crippen molar-refractivity contribution in [1.29, 1.82) is 0 Å². The molecule has 154 valence electrons. The van der Waals surface area contributed by atoms with Crippen molar-refractivity contribution in [2.45, 2.75) is 58.8 Å². The maximum Gasteiger partial charge on any atom is 0.173 e. The molecule has 2 aromatic rings. The number of hydrogen-bond donors (Lipinski definition) is 0. The molecule has 0 amide bonds. The first-order valence-corrected chi connectivity index (χ1v) is 10.8. The van der Waals surface area contributed by atoms with Crippen LogP contribution in [-0.2, 0) is 4.79 Å². The van der Waals surface area contributed by atoms with Crippen LogP contribution in [0.3, 0.4) is 0 Å². The van der Waals surface area contributed by atoms with Crippen molar-refractivity contribution < 1.29 is 14.3 Å². The molecule has 0 radical (unpaired) electrons. The van der Waals surface area contributed by atoms with Gasteiger partial charge in [-0.25, -0.2) is 0 Å². The molecule has 3 rings (SSSR count). The number of ether oxygens (including phenoxy) is 1. The predicted octanol–water partition coefficient (Wildman–Crippen LogP) is 6.15. The normalized spacial score (nSPS) is 19.6. The van der Waals surface area contributed by atoms with E-state index in [0.717, 1.165) is 54.5 Å². The van der Waals surface area contributed by atoms with Crippen molar-refractivity contribution in [3.63, 3.8) is 0 Å². The molecule has 0 N–H and O–H groups in total. The summed E-state index contributed by atoms with van der Waals surface area (Å²) in [6.07, 6.45) is 4.20. The number of hydrogen-bond acceptors (Lipinski definition) is 3. The second kappa shape index (κ2) is 9.87. The van der Waals surface area contributed by atoms with E-state index in [2.05, 4.69) is 26.0 Å². The monoisotopic (exact) mass is 392 g/mol. The van der Waals surface area contributed by atoms with E-state index in [4.69, 9.17) is 4.74 Å². The Hall–Kier alpha value is -2.42. The van der Waals surface area contributed by atoms with Gasteiger partial charge in [-0.3, -0.25) is 9.59 Å². The lowest BCUT2D eigenvalue weighted by molar-refractivity contribution is -0.125. The minimum absolute atomic E-state index is 0.00381. The number of aryl methyl sites for hydroxylation is 1. The Morgan fingerprint density at radius 1 is 0.966 bits per heavy atom. The minimum Gasteiger partial charge on any atom is -0.486 e. The Bertz CT molecular complexity index is 838. The Balaban J connectivity index is 1.57. The molecular formula is C26H32O3. The van der Waals surface area contributed by atoms with Crippen LogP contribution in [0.25, 0.3) is 0 Å². The molecule has 1 aliphatic carbocycles. The van der Waals surface area contributed by atoms with Gasteiger partial charge in [-0.05, 0) is 55.7 Å². The molecule has 29 heavy (non-hydrogen) atoms. The van der Waals surface area contributed by atoms with E-state index in [1.165, 1.54) is 0 Å². The van der Waals surface area contributed by atoms with Crippen LogP contribution in [-0.4, -0.2) is 18.2 Å². The summed E-state index contributed by atoms with van der Waals surface area (Å²) in [6, 6.07) is 15.7. The van der Waals surface area contributed by atoms with Gasteiger partial charge in [0.1, 0.15) is 12.4 Å². The van der Waals surface area contributed by atoms with Crippen molar-refractivity contribution in [1.82, 2.24) is 0 Å².